The molecule has 5 aliphatic rings. The second-order valence-corrected chi connectivity index (χ2v) is 16.2. The van der Waals surface area contributed by atoms with Crippen molar-refractivity contribution >= 4 is 40.3 Å². The highest BCUT2D eigenvalue weighted by Gasteiger charge is 2.64. The molecule has 1 N–H and O–H groups in total. The number of nitrogens with one attached hydrogen (secondary N) is 1. The lowest BCUT2D eigenvalue weighted by molar-refractivity contribution is -0.162. The molecule has 1 saturated heterocycles. The van der Waals surface area contributed by atoms with E-state index < -0.39 is 28.7 Å². The van der Waals surface area contributed by atoms with E-state index in [0.717, 1.165) is 22.4 Å². The average molecular weight is 804 g/mol. The molecule has 14 heteroatoms. The van der Waals surface area contributed by atoms with Crippen LogP contribution in [0.3, 0.4) is 0 Å². The quantitative estimate of drug-likeness (QED) is 0.118. The van der Waals surface area contributed by atoms with Crippen LogP contribution in [-0.4, -0.2) is 71.0 Å². The molecule has 1 aromatic carbocycles. The Morgan fingerprint density at radius 3 is 2.66 bits per heavy atom. The summed E-state index contributed by atoms with van der Waals surface area (Å²) >= 11 is 0. The first-order valence-corrected chi connectivity index (χ1v) is 19.8. The number of hydrogen-bond donors (Lipinski definition) is 1. The topological polar surface area (TPSA) is 172 Å². The third-order valence-corrected chi connectivity index (χ3v) is 11.4. The summed E-state index contributed by atoms with van der Waals surface area (Å²) in [7, 11) is 3.78. The van der Waals surface area contributed by atoms with Crippen LogP contribution in [0.1, 0.15) is 64.6 Å². The third kappa shape index (κ3) is 8.62. The smallest absolute Gasteiger partial charge is 0.346 e. The van der Waals surface area contributed by atoms with Gasteiger partial charge in [-0.05, 0) is 68.5 Å². The van der Waals surface area contributed by atoms with Crippen LogP contribution in [0.2, 0.25) is 0 Å². The molecular weight excluding hydrogens is 755 g/mol. The molecule has 308 valence electrons. The Kier molecular flexibility index (Phi) is 11.4. The summed E-state index contributed by atoms with van der Waals surface area (Å²) in [5, 5.41) is 11.8. The molecule has 59 heavy (non-hydrogen) atoms. The van der Waals surface area contributed by atoms with Crippen molar-refractivity contribution < 1.29 is 37.8 Å². The Morgan fingerprint density at radius 2 is 1.90 bits per heavy atom. The standard InChI is InChI=1S/C45H49N5O9/c1-27-9-7-10-34(17-30-12-15-36(56-26-30)41-42(54)45(59-43(41)55)23-29(3)28(2)22-44(45,4)21-27)57-39(52)11-8-16-50-25-32(47-48-50)24-46-38(51)18-31-19-40(53)58-37-20-33(49(5)6)13-14-35(31)37/h7,9,12-15,17,19-22,25,29,34H,8,10-11,16,18,23-24,26H2,1-6H3,(H,46,51)/b9-7?,27-21?,30-17?,41-36+/t29-,34+,44-,45+/m0/s1. The van der Waals surface area contributed by atoms with Crippen molar-refractivity contribution in [2.45, 2.75) is 84.6 Å². The SMILES string of the molecule is CC1=C[C@@]2(C)C=C(C)[C@@H](C)C[C@]23OC(=O)/C(=C2\C=CC(=C[C@H](OC(=O)CCCn4cc(CNC(=O)Cc5cc(=O)oc6cc(N(C)C)ccc56)nn4)CC=C1)CO2)C3=O. The highest BCUT2D eigenvalue weighted by Crippen LogP contribution is 2.53. The lowest BCUT2D eigenvalue weighted by Gasteiger charge is -2.45. The minimum absolute atomic E-state index is 0.0139. The molecule has 1 amide bonds. The molecule has 8 rings (SSSR count). The third-order valence-electron chi connectivity index (χ3n) is 11.4. The minimum atomic E-state index is -1.40. The van der Waals surface area contributed by atoms with E-state index in [1.54, 1.807) is 29.1 Å². The fourth-order valence-corrected chi connectivity index (χ4v) is 8.16. The molecule has 0 unspecified atom stereocenters. The summed E-state index contributed by atoms with van der Waals surface area (Å²) in [6.07, 6.45) is 15.5. The van der Waals surface area contributed by atoms with Gasteiger partial charge in [0.25, 0.3) is 0 Å². The van der Waals surface area contributed by atoms with E-state index in [1.807, 2.05) is 89.2 Å². The van der Waals surface area contributed by atoms with Crippen molar-refractivity contribution in [3.05, 3.63) is 123 Å². The Balaban J connectivity index is 0.962. The molecule has 2 aromatic heterocycles. The summed E-state index contributed by atoms with van der Waals surface area (Å²) in [5.74, 6) is -1.53. The number of amides is 1. The number of ether oxygens (including phenoxy) is 3. The van der Waals surface area contributed by atoms with Gasteiger partial charge in [0.05, 0.1) is 24.6 Å². The van der Waals surface area contributed by atoms with Crippen molar-refractivity contribution in [3.63, 3.8) is 0 Å². The van der Waals surface area contributed by atoms with Crippen molar-refractivity contribution in [1.29, 1.82) is 0 Å². The number of benzene rings is 1. The maximum absolute atomic E-state index is 14.2. The lowest BCUT2D eigenvalue weighted by atomic mass is 9.61. The molecule has 4 bridgehead atoms. The number of anilines is 1. The van der Waals surface area contributed by atoms with Crippen molar-refractivity contribution in [2.75, 3.05) is 25.6 Å². The van der Waals surface area contributed by atoms with Gasteiger partial charge < -0.3 is 28.8 Å². The van der Waals surface area contributed by atoms with E-state index in [9.17, 15) is 24.0 Å². The number of allylic oxidation sites excluding steroid dienone is 4. The van der Waals surface area contributed by atoms with Crippen LogP contribution >= 0.6 is 0 Å². The van der Waals surface area contributed by atoms with E-state index in [-0.39, 0.29) is 60.9 Å². The van der Waals surface area contributed by atoms with Gasteiger partial charge in [-0.3, -0.25) is 19.1 Å². The number of hydrogen-bond acceptors (Lipinski definition) is 12. The summed E-state index contributed by atoms with van der Waals surface area (Å²) in [5.41, 5.74) is 2.18. The zero-order valence-corrected chi connectivity index (χ0v) is 34.2. The number of aromatic nitrogens is 3. The number of carbonyl (C=O) groups excluding carboxylic acids is 4. The van der Waals surface area contributed by atoms with Gasteiger partial charge in [0.2, 0.25) is 11.7 Å². The van der Waals surface area contributed by atoms with Crippen LogP contribution in [0.4, 0.5) is 5.69 Å². The molecule has 3 aliphatic heterocycles. The van der Waals surface area contributed by atoms with Crippen LogP contribution in [0.15, 0.2) is 110 Å². The van der Waals surface area contributed by atoms with Crippen LogP contribution in [0.5, 0.6) is 0 Å². The van der Waals surface area contributed by atoms with Crippen LogP contribution in [0, 0.1) is 11.3 Å². The van der Waals surface area contributed by atoms with Crippen LogP contribution < -0.4 is 15.8 Å². The van der Waals surface area contributed by atoms with Gasteiger partial charge in [-0.2, -0.15) is 0 Å². The van der Waals surface area contributed by atoms with Gasteiger partial charge >= 0.3 is 17.6 Å². The number of ketones is 1. The highest BCUT2D eigenvalue weighted by atomic mass is 16.6. The number of rotatable bonds is 10. The van der Waals surface area contributed by atoms with Crippen molar-refractivity contribution in [3.8, 4) is 0 Å². The van der Waals surface area contributed by atoms with Gasteiger partial charge in [0, 0.05) is 63.1 Å². The normalized spacial score (nSPS) is 25.2. The Labute approximate surface area is 341 Å². The molecule has 0 radical (unpaired) electrons. The summed E-state index contributed by atoms with van der Waals surface area (Å²) < 4.78 is 24.9. The minimum Gasteiger partial charge on any atom is -0.488 e. The molecule has 1 spiro atoms. The highest BCUT2D eigenvalue weighted by molar-refractivity contribution is 6.26. The Morgan fingerprint density at radius 1 is 1.08 bits per heavy atom. The Bertz CT molecular complexity index is 2460. The Hall–Kier alpha value is -6.31. The fraction of sp³-hybridized carbons (Fsp3) is 0.400. The van der Waals surface area contributed by atoms with E-state index in [1.165, 1.54) is 6.07 Å². The average Bonchev–Trinajstić information content (AvgIpc) is 3.73. The number of esters is 2. The van der Waals surface area contributed by atoms with Crippen LogP contribution in [0.25, 0.3) is 11.0 Å². The molecule has 4 atom stereocenters. The number of Topliss-reactive ketones (excluding diaryl/α,β-unsaturated/α-hetero) is 1. The zero-order valence-electron chi connectivity index (χ0n) is 34.2. The zero-order chi connectivity index (χ0) is 42.1. The van der Waals surface area contributed by atoms with Crippen molar-refractivity contribution in [1.82, 2.24) is 20.3 Å². The molecule has 2 aliphatic carbocycles. The number of fused-ring (bicyclic) bond motifs is 6. The second kappa shape index (κ2) is 16.5. The lowest BCUT2D eigenvalue weighted by Crippen LogP contribution is -2.53. The largest absolute Gasteiger partial charge is 0.488 e. The molecular formula is C45H49N5O9. The molecule has 1 fully saturated rings. The van der Waals surface area contributed by atoms with E-state index >= 15 is 0 Å². The fourth-order valence-electron chi connectivity index (χ4n) is 8.16. The van der Waals surface area contributed by atoms with Gasteiger partial charge in [-0.25, -0.2) is 9.59 Å². The predicted octanol–water partition coefficient (Wildman–Crippen LogP) is 5.53. The van der Waals surface area contributed by atoms with Crippen LogP contribution in [-0.2, 0) is 52.9 Å². The van der Waals surface area contributed by atoms with E-state index in [0.29, 0.717) is 48.0 Å². The first-order valence-electron chi connectivity index (χ1n) is 19.8. The maximum atomic E-state index is 14.2. The summed E-state index contributed by atoms with van der Waals surface area (Å²) in [6, 6.07) is 6.83. The monoisotopic (exact) mass is 803 g/mol. The second-order valence-electron chi connectivity index (χ2n) is 16.2. The number of carbonyl (C=O) groups is 4. The summed E-state index contributed by atoms with van der Waals surface area (Å²) in [6.45, 7) is 8.53. The van der Waals surface area contributed by atoms with Gasteiger partial charge in [0.1, 0.15) is 35.3 Å². The predicted molar refractivity (Wildman–Crippen MR) is 219 cm³/mol. The number of aryl methyl sites for hydroxylation is 1. The molecule has 0 saturated carbocycles. The van der Waals surface area contributed by atoms with Gasteiger partial charge in [-0.1, -0.05) is 53.7 Å². The first kappa shape index (κ1) is 40.9. The van der Waals surface area contributed by atoms with E-state index in [4.69, 9.17) is 18.6 Å². The van der Waals surface area contributed by atoms with E-state index in [2.05, 4.69) is 15.6 Å². The van der Waals surface area contributed by atoms with Gasteiger partial charge in [0.15, 0.2) is 5.60 Å². The number of nitrogens with zero attached hydrogens (tertiary/aromatic N) is 4. The van der Waals surface area contributed by atoms with Gasteiger partial charge in [-0.15, -0.1) is 5.10 Å². The molecule has 14 nitrogen and oxygen atoms in total. The van der Waals surface area contributed by atoms with Crippen molar-refractivity contribution in [2.24, 2.45) is 11.3 Å². The summed E-state index contributed by atoms with van der Waals surface area (Å²) in [4.78, 5) is 67.6. The maximum Gasteiger partial charge on any atom is 0.346 e. The molecule has 3 aromatic rings. The molecule has 5 heterocycles. The first-order chi connectivity index (χ1) is 28.1.